The Kier molecular flexibility index (Phi) is 5.73. The number of hydrogen-bond acceptors (Lipinski definition) is 3. The molecule has 1 heterocycles. The van der Waals surface area contributed by atoms with E-state index < -0.39 is 0 Å². The third kappa shape index (κ3) is 5.28. The summed E-state index contributed by atoms with van der Waals surface area (Å²) in [5.41, 5.74) is 0.319. The Labute approximate surface area is 99.9 Å². The molecule has 1 fully saturated rings. The summed E-state index contributed by atoms with van der Waals surface area (Å²) in [5.74, 6) is 0.625. The van der Waals surface area contributed by atoms with Crippen LogP contribution < -0.4 is 5.32 Å². The first kappa shape index (κ1) is 13.9. The summed E-state index contributed by atoms with van der Waals surface area (Å²) in [6, 6.07) is 0.519. The lowest BCUT2D eigenvalue weighted by molar-refractivity contribution is 0.0879. The molecule has 0 saturated carbocycles. The highest BCUT2D eigenvalue weighted by Crippen LogP contribution is 2.18. The predicted octanol–water partition coefficient (Wildman–Crippen LogP) is 2.06. The smallest absolute Gasteiger partial charge is 0.0591 e. The van der Waals surface area contributed by atoms with Gasteiger partial charge in [-0.2, -0.15) is 0 Å². The molecule has 0 spiro atoms. The van der Waals surface area contributed by atoms with Crippen LogP contribution in [0.5, 0.6) is 0 Å². The van der Waals surface area contributed by atoms with E-state index in [1.165, 1.54) is 0 Å². The number of hydrogen-bond donors (Lipinski definition) is 1. The van der Waals surface area contributed by atoms with Gasteiger partial charge in [-0.15, -0.1) is 0 Å². The van der Waals surface area contributed by atoms with Crippen LogP contribution in [0.2, 0.25) is 0 Å². The summed E-state index contributed by atoms with van der Waals surface area (Å²) in [4.78, 5) is 0. The minimum atomic E-state index is 0.319. The molecule has 2 unspecified atom stereocenters. The molecule has 16 heavy (non-hydrogen) atoms. The van der Waals surface area contributed by atoms with E-state index in [4.69, 9.17) is 9.47 Å². The van der Waals surface area contributed by atoms with E-state index in [-0.39, 0.29) is 0 Å². The highest BCUT2D eigenvalue weighted by Gasteiger charge is 2.19. The largest absolute Gasteiger partial charge is 0.381 e. The highest BCUT2D eigenvalue weighted by atomic mass is 16.5. The first-order valence-electron chi connectivity index (χ1n) is 6.39. The van der Waals surface area contributed by atoms with E-state index in [2.05, 4.69) is 33.0 Å². The van der Waals surface area contributed by atoms with Gasteiger partial charge in [0.15, 0.2) is 0 Å². The normalized spacial score (nSPS) is 23.6. The molecule has 3 nitrogen and oxygen atoms in total. The van der Waals surface area contributed by atoms with Crippen LogP contribution in [0.4, 0.5) is 0 Å². The van der Waals surface area contributed by atoms with Crippen LogP contribution in [0.1, 0.15) is 34.1 Å². The maximum atomic E-state index is 5.64. The molecule has 2 atom stereocenters. The molecule has 0 aromatic heterocycles. The van der Waals surface area contributed by atoms with Crippen molar-refractivity contribution in [2.45, 2.75) is 40.2 Å². The molecule has 1 rings (SSSR count). The Hall–Kier alpha value is -0.120. The molecular formula is C13H27NO2. The van der Waals surface area contributed by atoms with E-state index in [1.54, 1.807) is 0 Å². The van der Waals surface area contributed by atoms with Gasteiger partial charge in [0.1, 0.15) is 0 Å². The monoisotopic (exact) mass is 229 g/mol. The summed E-state index contributed by atoms with van der Waals surface area (Å²) < 4.78 is 10.9. The molecule has 0 aliphatic carbocycles. The first-order valence-corrected chi connectivity index (χ1v) is 6.39. The Bertz CT molecular complexity index is 183. The average molecular weight is 229 g/mol. The van der Waals surface area contributed by atoms with Crippen LogP contribution in [0.3, 0.4) is 0 Å². The third-order valence-corrected chi connectivity index (χ3v) is 3.37. The van der Waals surface area contributed by atoms with Gasteiger partial charge in [0.05, 0.1) is 19.8 Å². The second-order valence-electron chi connectivity index (χ2n) is 5.85. The van der Waals surface area contributed by atoms with Crippen LogP contribution in [-0.2, 0) is 9.47 Å². The molecule has 0 radical (unpaired) electrons. The predicted molar refractivity (Wildman–Crippen MR) is 66.7 cm³/mol. The Morgan fingerprint density at radius 1 is 1.44 bits per heavy atom. The molecular weight excluding hydrogens is 202 g/mol. The van der Waals surface area contributed by atoms with Crippen LogP contribution >= 0.6 is 0 Å². The van der Waals surface area contributed by atoms with Crippen LogP contribution in [0.15, 0.2) is 0 Å². The molecule has 1 aliphatic rings. The minimum absolute atomic E-state index is 0.319. The molecule has 96 valence electrons. The molecule has 1 saturated heterocycles. The minimum Gasteiger partial charge on any atom is -0.381 e. The Morgan fingerprint density at radius 3 is 2.75 bits per heavy atom. The van der Waals surface area contributed by atoms with Crippen LogP contribution in [0, 0.1) is 11.3 Å². The lowest BCUT2D eigenvalue weighted by Gasteiger charge is -2.28. The van der Waals surface area contributed by atoms with Gasteiger partial charge in [-0.1, -0.05) is 20.8 Å². The maximum Gasteiger partial charge on any atom is 0.0591 e. The fourth-order valence-corrected chi connectivity index (χ4v) is 1.62. The van der Waals surface area contributed by atoms with Gasteiger partial charge in [-0.25, -0.2) is 0 Å². The van der Waals surface area contributed by atoms with E-state index in [0.717, 1.165) is 39.4 Å². The highest BCUT2D eigenvalue weighted by molar-refractivity contribution is 4.75. The number of ether oxygens (including phenoxy) is 2. The molecule has 0 aromatic carbocycles. The summed E-state index contributed by atoms with van der Waals surface area (Å²) in [5, 5.41) is 3.49. The van der Waals surface area contributed by atoms with Gasteiger partial charge in [0, 0.05) is 25.1 Å². The third-order valence-electron chi connectivity index (χ3n) is 3.37. The van der Waals surface area contributed by atoms with Crippen LogP contribution in [0.25, 0.3) is 0 Å². The summed E-state index contributed by atoms with van der Waals surface area (Å²) >= 11 is 0. The van der Waals surface area contributed by atoms with Gasteiger partial charge in [-0.3, -0.25) is 0 Å². The van der Waals surface area contributed by atoms with Gasteiger partial charge in [0.2, 0.25) is 0 Å². The summed E-state index contributed by atoms with van der Waals surface area (Å²) in [7, 11) is 0. The molecule has 0 aromatic rings. The topological polar surface area (TPSA) is 30.5 Å². The summed E-state index contributed by atoms with van der Waals surface area (Å²) in [6.45, 7) is 13.4. The van der Waals surface area contributed by atoms with Crippen LogP contribution in [-0.4, -0.2) is 39.0 Å². The fraction of sp³-hybridized carbons (Fsp3) is 1.00. The number of rotatable bonds is 6. The zero-order chi connectivity index (χ0) is 12.0. The quantitative estimate of drug-likeness (QED) is 0.707. The zero-order valence-corrected chi connectivity index (χ0v) is 11.2. The van der Waals surface area contributed by atoms with Crippen molar-refractivity contribution in [2.75, 3.05) is 33.0 Å². The van der Waals surface area contributed by atoms with Crippen molar-refractivity contribution in [1.29, 1.82) is 0 Å². The summed E-state index contributed by atoms with van der Waals surface area (Å²) in [6.07, 6.45) is 1.16. The molecule has 0 bridgehead atoms. The van der Waals surface area contributed by atoms with E-state index in [0.29, 0.717) is 17.4 Å². The maximum absolute atomic E-state index is 5.64. The van der Waals surface area contributed by atoms with Crippen molar-refractivity contribution in [3.8, 4) is 0 Å². The zero-order valence-electron chi connectivity index (χ0n) is 11.2. The molecule has 1 aliphatic heterocycles. The fourth-order valence-electron chi connectivity index (χ4n) is 1.62. The van der Waals surface area contributed by atoms with Gasteiger partial charge < -0.3 is 14.8 Å². The van der Waals surface area contributed by atoms with Gasteiger partial charge in [-0.05, 0) is 18.8 Å². The molecule has 0 amide bonds. The van der Waals surface area contributed by atoms with Crippen molar-refractivity contribution < 1.29 is 9.47 Å². The van der Waals surface area contributed by atoms with Crippen molar-refractivity contribution >= 4 is 0 Å². The van der Waals surface area contributed by atoms with Crippen molar-refractivity contribution in [3.05, 3.63) is 0 Å². The van der Waals surface area contributed by atoms with Gasteiger partial charge in [0.25, 0.3) is 0 Å². The Morgan fingerprint density at radius 2 is 2.19 bits per heavy atom. The van der Waals surface area contributed by atoms with Crippen molar-refractivity contribution in [3.63, 3.8) is 0 Å². The molecule has 1 N–H and O–H groups in total. The second kappa shape index (κ2) is 6.58. The van der Waals surface area contributed by atoms with E-state index >= 15 is 0 Å². The van der Waals surface area contributed by atoms with Gasteiger partial charge >= 0.3 is 0 Å². The van der Waals surface area contributed by atoms with E-state index in [1.807, 2.05) is 0 Å². The number of nitrogens with one attached hydrogen (secondary N) is 1. The standard InChI is InChI=1S/C13H27NO2/c1-11(13(2,3)4)14-6-8-16-10-12-5-7-15-9-12/h11-12,14H,5-10H2,1-4H3. The Balaban J connectivity index is 1.95. The lowest BCUT2D eigenvalue weighted by Crippen LogP contribution is -2.39. The van der Waals surface area contributed by atoms with E-state index in [9.17, 15) is 0 Å². The molecule has 3 heteroatoms. The first-order chi connectivity index (χ1) is 7.50. The SMILES string of the molecule is CC(NCCOCC1CCOC1)C(C)(C)C. The van der Waals surface area contributed by atoms with Crippen molar-refractivity contribution in [1.82, 2.24) is 5.32 Å². The average Bonchev–Trinajstić information content (AvgIpc) is 2.68. The van der Waals surface area contributed by atoms with Crippen molar-refractivity contribution in [2.24, 2.45) is 11.3 Å². The second-order valence-corrected chi connectivity index (χ2v) is 5.85. The lowest BCUT2D eigenvalue weighted by atomic mass is 9.88.